The van der Waals surface area contributed by atoms with E-state index in [1.165, 1.54) is 24.6 Å². The highest BCUT2D eigenvalue weighted by Gasteiger charge is 2.26. The Kier molecular flexibility index (Phi) is 6.04. The molecule has 28 heavy (non-hydrogen) atoms. The molecule has 2 aromatic heterocycles. The third kappa shape index (κ3) is 4.36. The third-order valence-corrected chi connectivity index (χ3v) is 7.07. The second kappa shape index (κ2) is 8.31. The molecular weight excluding hydrogens is 444 g/mol. The van der Waals surface area contributed by atoms with Crippen LogP contribution in [0.25, 0.3) is 0 Å². The number of nitrogens with one attached hydrogen (secondary N) is 2. The molecule has 1 amide bonds. The largest absolute Gasteiger partial charge is 0.465 e. The number of anilines is 2. The van der Waals surface area contributed by atoms with E-state index in [2.05, 4.69) is 14.8 Å². The molecule has 0 spiro atoms. The number of thiophene rings is 2. The number of carbonyl (C=O) groups is 2. The van der Waals surface area contributed by atoms with E-state index in [9.17, 15) is 18.0 Å². The van der Waals surface area contributed by atoms with E-state index in [1.54, 1.807) is 29.6 Å². The lowest BCUT2D eigenvalue weighted by Crippen LogP contribution is -2.18. The van der Waals surface area contributed by atoms with Gasteiger partial charge in [-0.2, -0.15) is 0 Å². The molecule has 7 nitrogen and oxygen atoms in total. The molecule has 0 aliphatic carbocycles. The first-order chi connectivity index (χ1) is 13.3. The first kappa shape index (κ1) is 20.3. The summed E-state index contributed by atoms with van der Waals surface area (Å²) in [6.45, 7) is 0. The van der Waals surface area contributed by atoms with Crippen molar-refractivity contribution >= 4 is 67.5 Å². The molecule has 0 saturated heterocycles. The van der Waals surface area contributed by atoms with Gasteiger partial charge in [0.1, 0.15) is 14.6 Å². The maximum Gasteiger partial charge on any atom is 0.349 e. The lowest BCUT2D eigenvalue weighted by Gasteiger charge is -2.10. The van der Waals surface area contributed by atoms with E-state index in [4.69, 9.17) is 11.6 Å². The van der Waals surface area contributed by atoms with Gasteiger partial charge in [0.05, 0.1) is 12.8 Å². The summed E-state index contributed by atoms with van der Waals surface area (Å²) in [6.07, 6.45) is 0. The summed E-state index contributed by atoms with van der Waals surface area (Å²) < 4.78 is 32.4. The number of carbonyl (C=O) groups excluding carboxylic acids is 2. The van der Waals surface area contributed by atoms with Crippen LogP contribution in [0.3, 0.4) is 0 Å². The number of benzene rings is 1. The minimum atomic E-state index is -4.10. The maximum atomic E-state index is 12.7. The van der Waals surface area contributed by atoms with Crippen molar-refractivity contribution in [1.29, 1.82) is 0 Å². The Hall–Kier alpha value is -2.40. The van der Waals surface area contributed by atoms with Crippen LogP contribution < -0.4 is 10.0 Å². The molecule has 0 bridgehead atoms. The molecule has 0 atom stereocenters. The van der Waals surface area contributed by atoms with Gasteiger partial charge < -0.3 is 10.1 Å². The standard InChI is InChI=1S/C17H13ClN2O5S3/c1-25-17(22)15-13(6-8-27-15)28(23,24)20-12-5-7-26-14(12)16(21)19-11-4-2-3-10(18)9-11/h2-9,20H,1H3,(H,19,21). The Morgan fingerprint density at radius 3 is 2.50 bits per heavy atom. The molecule has 0 unspecified atom stereocenters. The van der Waals surface area contributed by atoms with E-state index in [-0.39, 0.29) is 20.3 Å². The van der Waals surface area contributed by atoms with Crippen molar-refractivity contribution < 1.29 is 22.7 Å². The minimum absolute atomic E-state index is 0.0461. The van der Waals surface area contributed by atoms with Crippen LogP contribution in [0.2, 0.25) is 5.02 Å². The zero-order valence-corrected chi connectivity index (χ0v) is 17.5. The number of methoxy groups -OCH3 is 1. The molecule has 146 valence electrons. The minimum Gasteiger partial charge on any atom is -0.465 e. The average molecular weight is 457 g/mol. The summed E-state index contributed by atoms with van der Waals surface area (Å²) in [6, 6.07) is 9.36. The Morgan fingerprint density at radius 1 is 1.07 bits per heavy atom. The summed E-state index contributed by atoms with van der Waals surface area (Å²) in [5, 5.41) is 6.18. The first-order valence-corrected chi connectivity index (χ1v) is 11.3. The molecule has 0 radical (unpaired) electrons. The second-order valence-electron chi connectivity index (χ2n) is 5.34. The summed E-state index contributed by atoms with van der Waals surface area (Å²) in [7, 11) is -2.93. The highest BCUT2D eigenvalue weighted by atomic mass is 35.5. The molecular formula is C17H13ClN2O5S3. The van der Waals surface area contributed by atoms with Crippen molar-refractivity contribution in [2.24, 2.45) is 0 Å². The third-order valence-electron chi connectivity index (χ3n) is 3.49. The van der Waals surface area contributed by atoms with E-state index in [0.717, 1.165) is 22.7 Å². The monoisotopic (exact) mass is 456 g/mol. The molecule has 0 aliphatic rings. The predicted octanol–water partition coefficient (Wildman–Crippen LogP) is 4.30. The van der Waals surface area contributed by atoms with Crippen LogP contribution in [0.4, 0.5) is 11.4 Å². The fourth-order valence-corrected chi connectivity index (χ4v) is 5.68. The zero-order valence-electron chi connectivity index (χ0n) is 14.3. The molecule has 0 saturated carbocycles. The number of sulfonamides is 1. The fourth-order valence-electron chi connectivity index (χ4n) is 2.27. The maximum absolute atomic E-state index is 12.7. The highest BCUT2D eigenvalue weighted by molar-refractivity contribution is 7.93. The molecule has 11 heteroatoms. The topological polar surface area (TPSA) is 102 Å². The van der Waals surface area contributed by atoms with E-state index >= 15 is 0 Å². The Labute approximate surface area is 174 Å². The molecule has 2 heterocycles. The number of esters is 1. The van der Waals surface area contributed by atoms with Crippen molar-refractivity contribution in [3.63, 3.8) is 0 Å². The lowest BCUT2D eigenvalue weighted by atomic mass is 10.3. The average Bonchev–Trinajstić information content (AvgIpc) is 3.30. The van der Waals surface area contributed by atoms with Gasteiger partial charge in [-0.3, -0.25) is 9.52 Å². The normalized spacial score (nSPS) is 11.1. The second-order valence-corrected chi connectivity index (χ2v) is 9.26. The van der Waals surface area contributed by atoms with Gasteiger partial charge in [-0.1, -0.05) is 17.7 Å². The van der Waals surface area contributed by atoms with Crippen LogP contribution in [0, 0.1) is 0 Å². The van der Waals surface area contributed by atoms with Crippen LogP contribution in [0.15, 0.2) is 52.1 Å². The smallest absolute Gasteiger partial charge is 0.349 e. The zero-order chi connectivity index (χ0) is 20.3. The number of rotatable bonds is 6. The van der Waals surface area contributed by atoms with Gasteiger partial charge in [0.2, 0.25) is 0 Å². The quantitative estimate of drug-likeness (QED) is 0.538. The van der Waals surface area contributed by atoms with Crippen molar-refractivity contribution in [2.45, 2.75) is 4.90 Å². The van der Waals surface area contributed by atoms with Crippen LogP contribution in [0.1, 0.15) is 19.3 Å². The van der Waals surface area contributed by atoms with Crippen LogP contribution in [-0.2, 0) is 14.8 Å². The predicted molar refractivity (Wildman–Crippen MR) is 110 cm³/mol. The summed E-state index contributed by atoms with van der Waals surface area (Å²) in [4.78, 5) is 24.2. The van der Waals surface area contributed by atoms with Crippen LogP contribution in [-0.4, -0.2) is 27.4 Å². The van der Waals surface area contributed by atoms with Crippen molar-refractivity contribution in [1.82, 2.24) is 0 Å². The summed E-state index contributed by atoms with van der Waals surface area (Å²) in [5.41, 5.74) is 0.581. The Balaban J connectivity index is 1.85. The van der Waals surface area contributed by atoms with Crippen LogP contribution in [0.5, 0.6) is 0 Å². The Bertz CT molecular complexity index is 1140. The van der Waals surface area contributed by atoms with Gasteiger partial charge in [-0.05, 0) is 41.1 Å². The molecule has 1 aromatic carbocycles. The number of ether oxygens (including phenoxy) is 1. The molecule has 3 aromatic rings. The van der Waals surface area contributed by atoms with Crippen molar-refractivity contribution in [3.8, 4) is 0 Å². The highest BCUT2D eigenvalue weighted by Crippen LogP contribution is 2.29. The number of halogens is 1. The van der Waals surface area contributed by atoms with E-state index in [1.807, 2.05) is 0 Å². The van der Waals surface area contributed by atoms with E-state index in [0.29, 0.717) is 10.7 Å². The van der Waals surface area contributed by atoms with Gasteiger partial charge in [-0.15, -0.1) is 22.7 Å². The fraction of sp³-hybridized carbons (Fsp3) is 0.0588. The summed E-state index contributed by atoms with van der Waals surface area (Å²) >= 11 is 7.93. The summed E-state index contributed by atoms with van der Waals surface area (Å²) in [5.74, 6) is -1.24. The van der Waals surface area contributed by atoms with Gasteiger partial charge in [0, 0.05) is 10.7 Å². The number of amides is 1. The van der Waals surface area contributed by atoms with Gasteiger partial charge >= 0.3 is 5.97 Å². The molecule has 0 aliphatic heterocycles. The van der Waals surface area contributed by atoms with Gasteiger partial charge in [0.15, 0.2) is 0 Å². The number of hydrogen-bond donors (Lipinski definition) is 2. The molecule has 2 N–H and O–H groups in total. The Morgan fingerprint density at radius 2 is 1.79 bits per heavy atom. The van der Waals surface area contributed by atoms with Gasteiger partial charge in [0.25, 0.3) is 15.9 Å². The van der Waals surface area contributed by atoms with Crippen LogP contribution >= 0.6 is 34.3 Å². The van der Waals surface area contributed by atoms with Gasteiger partial charge in [-0.25, -0.2) is 13.2 Å². The molecule has 3 rings (SSSR count). The first-order valence-electron chi connectivity index (χ1n) is 7.65. The van der Waals surface area contributed by atoms with E-state index < -0.39 is 21.9 Å². The number of hydrogen-bond acceptors (Lipinski definition) is 7. The molecule has 0 fully saturated rings. The SMILES string of the molecule is COC(=O)c1sccc1S(=O)(=O)Nc1ccsc1C(=O)Nc1cccc(Cl)c1. The van der Waals surface area contributed by atoms with Crippen molar-refractivity contribution in [3.05, 3.63) is 61.9 Å². The lowest BCUT2D eigenvalue weighted by molar-refractivity contribution is 0.0602. The van der Waals surface area contributed by atoms with Crippen molar-refractivity contribution in [2.75, 3.05) is 17.1 Å².